The SMILES string of the molecule is COC(=O)N[C@H](C(=O)N1CCC[C@H]1c1ncc(-c2ccc(-c3ccc(OS(=O)(=O)C(F)(F)F)c4c3C3CCC3C4)nc2)[nH]1)C(C)C. The molecule has 1 aromatic carbocycles. The van der Waals surface area contributed by atoms with Crippen LogP contribution in [0.4, 0.5) is 18.0 Å². The summed E-state index contributed by atoms with van der Waals surface area (Å²) in [6.07, 6.45) is 6.36. The fraction of sp³-hybridized carbons (Fsp3) is 0.484. The molecule has 3 aromatic rings. The van der Waals surface area contributed by atoms with Crippen LogP contribution in [0.3, 0.4) is 0 Å². The van der Waals surface area contributed by atoms with Gasteiger partial charge in [0.15, 0.2) is 0 Å². The van der Waals surface area contributed by atoms with Crippen LogP contribution in [0.15, 0.2) is 36.7 Å². The fourth-order valence-corrected chi connectivity index (χ4v) is 7.25. The van der Waals surface area contributed by atoms with Crippen LogP contribution in [0.2, 0.25) is 0 Å². The van der Waals surface area contributed by atoms with Crippen LogP contribution in [0.1, 0.15) is 68.4 Å². The molecule has 2 aliphatic carbocycles. The van der Waals surface area contributed by atoms with Gasteiger partial charge in [0, 0.05) is 29.4 Å². The number of likely N-dealkylation sites (tertiary alicyclic amines) is 1. The van der Waals surface area contributed by atoms with Gasteiger partial charge in [-0.3, -0.25) is 9.78 Å². The molecule has 46 heavy (non-hydrogen) atoms. The van der Waals surface area contributed by atoms with Crippen LogP contribution in [-0.2, 0) is 26.1 Å². The van der Waals surface area contributed by atoms with E-state index in [0.29, 0.717) is 42.2 Å². The van der Waals surface area contributed by atoms with E-state index in [0.717, 1.165) is 36.0 Å². The summed E-state index contributed by atoms with van der Waals surface area (Å²) >= 11 is 0. The van der Waals surface area contributed by atoms with E-state index in [-0.39, 0.29) is 35.5 Å². The van der Waals surface area contributed by atoms with Gasteiger partial charge < -0.3 is 24.1 Å². The number of rotatable bonds is 8. The molecule has 6 rings (SSSR count). The molecule has 15 heteroatoms. The third-order valence-corrected chi connectivity index (χ3v) is 10.2. The van der Waals surface area contributed by atoms with E-state index in [4.69, 9.17) is 4.74 Å². The van der Waals surface area contributed by atoms with Crippen LogP contribution in [-0.4, -0.2) is 65.5 Å². The highest BCUT2D eigenvalue weighted by Crippen LogP contribution is 2.56. The molecule has 0 bridgehead atoms. The predicted octanol–water partition coefficient (Wildman–Crippen LogP) is 5.46. The summed E-state index contributed by atoms with van der Waals surface area (Å²) in [5, 5.41) is 2.64. The monoisotopic (exact) mass is 661 g/mol. The Morgan fingerprint density at radius 3 is 2.50 bits per heavy atom. The molecule has 11 nitrogen and oxygen atoms in total. The largest absolute Gasteiger partial charge is 0.534 e. The summed E-state index contributed by atoms with van der Waals surface area (Å²) in [5.74, 6) is 0.298. The zero-order chi connectivity index (χ0) is 33.0. The molecule has 2 amide bonds. The molecule has 1 saturated carbocycles. The van der Waals surface area contributed by atoms with Crippen LogP contribution in [0.5, 0.6) is 5.75 Å². The van der Waals surface area contributed by atoms with Gasteiger partial charge in [0.1, 0.15) is 17.6 Å². The first-order chi connectivity index (χ1) is 21.8. The average molecular weight is 662 g/mol. The molecule has 3 heterocycles. The number of aromatic nitrogens is 3. The first-order valence-electron chi connectivity index (χ1n) is 15.1. The third kappa shape index (κ3) is 5.69. The molecule has 2 N–H and O–H groups in total. The van der Waals surface area contributed by atoms with E-state index in [9.17, 15) is 31.2 Å². The maximum absolute atomic E-state index is 13.4. The maximum Gasteiger partial charge on any atom is 0.534 e. The second-order valence-electron chi connectivity index (χ2n) is 12.3. The van der Waals surface area contributed by atoms with Gasteiger partial charge in [-0.2, -0.15) is 21.6 Å². The number of alkyl carbamates (subject to hydrolysis) is 1. The van der Waals surface area contributed by atoms with Crippen molar-refractivity contribution in [2.75, 3.05) is 13.7 Å². The Morgan fingerprint density at radius 2 is 1.87 bits per heavy atom. The molecule has 3 aliphatic rings. The maximum atomic E-state index is 13.4. The van der Waals surface area contributed by atoms with E-state index in [1.165, 1.54) is 13.2 Å². The van der Waals surface area contributed by atoms with Crippen molar-refractivity contribution >= 4 is 22.1 Å². The van der Waals surface area contributed by atoms with E-state index < -0.39 is 27.8 Å². The Morgan fingerprint density at radius 1 is 1.09 bits per heavy atom. The number of amides is 2. The fourth-order valence-electron chi connectivity index (χ4n) is 6.76. The minimum Gasteiger partial charge on any atom is -0.453 e. The van der Waals surface area contributed by atoms with Crippen molar-refractivity contribution in [3.63, 3.8) is 0 Å². The van der Waals surface area contributed by atoms with E-state index >= 15 is 0 Å². The molecule has 2 aromatic heterocycles. The highest BCUT2D eigenvalue weighted by Gasteiger charge is 2.50. The Hall–Kier alpha value is -4.14. The zero-order valence-electron chi connectivity index (χ0n) is 25.4. The number of fused-ring (bicyclic) bond motifs is 3. The van der Waals surface area contributed by atoms with Gasteiger partial charge >= 0.3 is 21.7 Å². The number of nitrogens with zero attached hydrogens (tertiary/aromatic N) is 3. The lowest BCUT2D eigenvalue weighted by molar-refractivity contribution is -0.135. The highest BCUT2D eigenvalue weighted by atomic mass is 32.2. The second-order valence-corrected chi connectivity index (χ2v) is 13.8. The number of pyridine rings is 1. The molecule has 2 unspecified atom stereocenters. The minimum absolute atomic E-state index is 0.106. The molecular weight excluding hydrogens is 627 g/mol. The molecule has 2 fully saturated rings. The van der Waals surface area contributed by atoms with Gasteiger partial charge in [-0.25, -0.2) is 9.78 Å². The summed E-state index contributed by atoms with van der Waals surface area (Å²) in [6.45, 7) is 4.23. The van der Waals surface area contributed by atoms with Gasteiger partial charge in [0.2, 0.25) is 5.91 Å². The molecule has 0 spiro atoms. The topological polar surface area (TPSA) is 144 Å². The Bertz CT molecular complexity index is 1760. The summed E-state index contributed by atoms with van der Waals surface area (Å²) < 4.78 is 72.0. The van der Waals surface area contributed by atoms with Gasteiger partial charge in [-0.1, -0.05) is 13.8 Å². The van der Waals surface area contributed by atoms with E-state index in [1.54, 1.807) is 23.4 Å². The Kier molecular flexibility index (Phi) is 8.23. The van der Waals surface area contributed by atoms with Crippen molar-refractivity contribution in [1.29, 1.82) is 0 Å². The average Bonchev–Trinajstić information content (AvgIpc) is 3.73. The Labute approximate surface area is 264 Å². The van der Waals surface area contributed by atoms with Crippen molar-refractivity contribution in [1.82, 2.24) is 25.2 Å². The number of hydrogen-bond donors (Lipinski definition) is 2. The van der Waals surface area contributed by atoms with Gasteiger partial charge in [0.05, 0.1) is 30.7 Å². The van der Waals surface area contributed by atoms with Crippen molar-refractivity contribution in [2.24, 2.45) is 11.8 Å². The summed E-state index contributed by atoms with van der Waals surface area (Å²) in [7, 11) is -4.55. The number of methoxy groups -OCH3 is 1. The normalized spacial score (nSPS) is 21.4. The molecule has 4 atom stereocenters. The van der Waals surface area contributed by atoms with Gasteiger partial charge in [-0.05, 0) is 79.7 Å². The van der Waals surface area contributed by atoms with Gasteiger partial charge in [-0.15, -0.1) is 0 Å². The quantitative estimate of drug-likeness (QED) is 0.239. The number of ether oxygens (including phenoxy) is 1. The minimum atomic E-state index is -5.80. The molecular formula is C31H34F3N5O6S. The number of carbonyl (C=O) groups is 2. The molecule has 1 aliphatic heterocycles. The van der Waals surface area contributed by atoms with Crippen molar-refractivity contribution in [3.8, 4) is 28.3 Å². The molecule has 1 saturated heterocycles. The first kappa shape index (κ1) is 31.8. The van der Waals surface area contributed by atoms with Gasteiger partial charge in [0.25, 0.3) is 0 Å². The van der Waals surface area contributed by atoms with Crippen LogP contribution in [0.25, 0.3) is 22.5 Å². The predicted molar refractivity (Wildman–Crippen MR) is 160 cm³/mol. The number of halogens is 3. The van der Waals surface area contributed by atoms with E-state index in [1.807, 2.05) is 26.0 Å². The number of imidazole rings is 1. The number of alkyl halides is 3. The number of hydrogen-bond acceptors (Lipinski definition) is 8. The smallest absolute Gasteiger partial charge is 0.453 e. The summed E-state index contributed by atoms with van der Waals surface area (Å²) in [5.41, 5.74) is -1.49. The first-order valence-corrected chi connectivity index (χ1v) is 16.5. The lowest BCUT2D eigenvalue weighted by Gasteiger charge is -2.31. The van der Waals surface area contributed by atoms with Crippen molar-refractivity contribution in [2.45, 2.75) is 69.5 Å². The van der Waals surface area contributed by atoms with Crippen LogP contribution >= 0.6 is 0 Å². The summed E-state index contributed by atoms with van der Waals surface area (Å²) in [4.78, 5) is 39.6. The molecule has 0 radical (unpaired) electrons. The number of benzene rings is 1. The zero-order valence-corrected chi connectivity index (χ0v) is 26.2. The second kappa shape index (κ2) is 11.9. The number of nitrogens with one attached hydrogen (secondary N) is 2. The van der Waals surface area contributed by atoms with E-state index in [2.05, 4.69) is 24.5 Å². The third-order valence-electron chi connectivity index (χ3n) is 9.24. The standard InChI is InChI=1S/C31H34F3N5O6S/c1-16(2)27(38-30(41)44-3)29(40)39-12-4-5-24(39)28-36-15-23(37-28)18-7-10-22(35-14-18)20-9-11-25(45-46(42,43)31(32,33)34)21-13-17-6-8-19(17)26(20)21/h7,9-11,14-17,19,24,27H,4-6,8,12-13H2,1-3H3,(H,36,37)(H,38,41)/t17?,19?,24-,27-/m0/s1. The van der Waals surface area contributed by atoms with Crippen LogP contribution in [0, 0.1) is 11.8 Å². The van der Waals surface area contributed by atoms with Crippen LogP contribution < -0.4 is 9.50 Å². The number of aromatic amines is 1. The Balaban J connectivity index is 1.23. The number of H-pyrrole nitrogens is 1. The number of carbonyl (C=O) groups excluding carboxylic acids is 2. The summed E-state index contributed by atoms with van der Waals surface area (Å²) in [6, 6.07) is 5.46. The highest BCUT2D eigenvalue weighted by molar-refractivity contribution is 7.88. The lowest BCUT2D eigenvalue weighted by atomic mass is 9.73. The van der Waals surface area contributed by atoms with Crippen molar-refractivity contribution < 1.29 is 40.1 Å². The molecule has 246 valence electrons. The van der Waals surface area contributed by atoms with Crippen molar-refractivity contribution in [3.05, 3.63) is 53.6 Å². The lowest BCUT2D eigenvalue weighted by Crippen LogP contribution is -2.51.